The van der Waals surface area contributed by atoms with Gasteiger partial charge in [0.15, 0.2) is 0 Å². The molecule has 0 bridgehead atoms. The van der Waals surface area contributed by atoms with Crippen LogP contribution in [-0.2, 0) is 22.4 Å². The normalized spacial score (nSPS) is 22.1. The summed E-state index contributed by atoms with van der Waals surface area (Å²) in [4.78, 5) is 25.2. The van der Waals surface area contributed by atoms with Crippen LogP contribution in [-0.4, -0.2) is 18.4 Å². The molecule has 1 saturated carbocycles. The van der Waals surface area contributed by atoms with Gasteiger partial charge in [-0.2, -0.15) is 5.26 Å². The lowest BCUT2D eigenvalue weighted by Crippen LogP contribution is -2.29. The predicted octanol–water partition coefficient (Wildman–Crippen LogP) is 3.38. The van der Waals surface area contributed by atoms with Crippen LogP contribution in [0.25, 0.3) is 0 Å². The molecule has 6 heteroatoms. The summed E-state index contributed by atoms with van der Waals surface area (Å²) in [6.07, 6.45) is 7.82. The Balaban J connectivity index is 1.56. The first kappa shape index (κ1) is 17.9. The van der Waals surface area contributed by atoms with Crippen molar-refractivity contribution in [2.45, 2.75) is 58.3 Å². The van der Waals surface area contributed by atoms with Crippen molar-refractivity contribution in [2.24, 2.45) is 11.8 Å². The van der Waals surface area contributed by atoms with Gasteiger partial charge in [-0.25, -0.2) is 0 Å². The van der Waals surface area contributed by atoms with E-state index in [-0.39, 0.29) is 24.2 Å². The van der Waals surface area contributed by atoms with Gasteiger partial charge in [-0.1, -0.05) is 19.8 Å². The monoisotopic (exact) mass is 359 g/mol. The van der Waals surface area contributed by atoms with E-state index in [0.717, 1.165) is 37.7 Å². The summed E-state index contributed by atoms with van der Waals surface area (Å²) < 4.78 is 0. The zero-order valence-electron chi connectivity index (χ0n) is 14.7. The highest BCUT2D eigenvalue weighted by Crippen LogP contribution is 2.38. The van der Waals surface area contributed by atoms with Crippen molar-refractivity contribution < 1.29 is 9.59 Å². The summed E-state index contributed by atoms with van der Waals surface area (Å²) in [5, 5.41) is 15.9. The predicted molar refractivity (Wildman–Crippen MR) is 98.4 cm³/mol. The number of carbonyl (C=O) groups excluding carboxylic acids is 2. The van der Waals surface area contributed by atoms with Crippen LogP contribution < -0.4 is 10.6 Å². The van der Waals surface area contributed by atoms with Gasteiger partial charge in [-0.05, 0) is 43.6 Å². The SMILES string of the molecule is C[C@H]1C[C@@H]1C(=O)NCCC(=O)Nc1sc2c(c1C#N)CCCCCC2. The van der Waals surface area contributed by atoms with Gasteiger partial charge in [-0.3, -0.25) is 9.59 Å². The third-order valence-electron chi connectivity index (χ3n) is 5.13. The van der Waals surface area contributed by atoms with Crippen LogP contribution in [0.15, 0.2) is 0 Å². The van der Waals surface area contributed by atoms with Crippen LogP contribution in [0.5, 0.6) is 0 Å². The number of anilines is 1. The van der Waals surface area contributed by atoms with E-state index in [2.05, 4.69) is 23.6 Å². The Morgan fingerprint density at radius 2 is 1.96 bits per heavy atom. The van der Waals surface area contributed by atoms with E-state index in [1.54, 1.807) is 11.3 Å². The summed E-state index contributed by atoms with van der Waals surface area (Å²) in [6, 6.07) is 2.29. The zero-order chi connectivity index (χ0) is 17.8. The molecule has 2 aliphatic carbocycles. The summed E-state index contributed by atoms with van der Waals surface area (Å²) in [5.41, 5.74) is 1.78. The first-order valence-electron chi connectivity index (χ1n) is 9.22. The molecular weight excluding hydrogens is 334 g/mol. The van der Waals surface area contributed by atoms with Gasteiger partial charge < -0.3 is 10.6 Å². The van der Waals surface area contributed by atoms with Crippen LogP contribution in [0.3, 0.4) is 0 Å². The second-order valence-corrected chi connectivity index (χ2v) is 8.25. The number of thiophene rings is 1. The Morgan fingerprint density at radius 3 is 2.64 bits per heavy atom. The Labute approximate surface area is 152 Å². The number of fused-ring (bicyclic) bond motifs is 1. The maximum Gasteiger partial charge on any atom is 0.226 e. The summed E-state index contributed by atoms with van der Waals surface area (Å²) in [7, 11) is 0. The topological polar surface area (TPSA) is 82.0 Å². The van der Waals surface area contributed by atoms with Gasteiger partial charge in [0.05, 0.1) is 5.56 Å². The van der Waals surface area contributed by atoms with Crippen molar-refractivity contribution in [1.82, 2.24) is 5.32 Å². The van der Waals surface area contributed by atoms with E-state index < -0.39 is 0 Å². The Bertz CT molecular complexity index is 704. The molecule has 0 radical (unpaired) electrons. The quantitative estimate of drug-likeness (QED) is 0.845. The molecule has 2 N–H and O–H groups in total. The molecule has 1 heterocycles. The van der Waals surface area contributed by atoms with E-state index in [1.807, 2.05) is 0 Å². The average Bonchev–Trinajstić information content (AvgIpc) is 3.21. The average molecular weight is 359 g/mol. The van der Waals surface area contributed by atoms with Crippen LogP contribution >= 0.6 is 11.3 Å². The van der Waals surface area contributed by atoms with Gasteiger partial charge in [-0.15, -0.1) is 11.3 Å². The first-order chi connectivity index (χ1) is 12.1. The fourth-order valence-corrected chi connectivity index (χ4v) is 4.69. The van der Waals surface area contributed by atoms with Crippen LogP contribution in [0.2, 0.25) is 0 Å². The maximum absolute atomic E-state index is 12.2. The first-order valence-corrected chi connectivity index (χ1v) is 10.0. The Hall–Kier alpha value is -1.87. The van der Waals surface area contributed by atoms with E-state index >= 15 is 0 Å². The number of nitrogens with zero attached hydrogens (tertiary/aromatic N) is 1. The number of amides is 2. The van der Waals surface area contributed by atoms with Crippen LogP contribution in [0.4, 0.5) is 5.00 Å². The molecule has 2 aliphatic rings. The highest BCUT2D eigenvalue weighted by atomic mass is 32.1. The number of rotatable bonds is 5. The largest absolute Gasteiger partial charge is 0.355 e. The molecule has 0 aliphatic heterocycles. The van der Waals surface area contributed by atoms with E-state index in [1.165, 1.54) is 17.7 Å². The van der Waals surface area contributed by atoms with Crippen molar-refractivity contribution in [2.75, 3.05) is 11.9 Å². The van der Waals surface area contributed by atoms with Crippen molar-refractivity contribution in [3.05, 3.63) is 16.0 Å². The van der Waals surface area contributed by atoms with Crippen molar-refractivity contribution in [3.8, 4) is 6.07 Å². The number of nitriles is 1. The molecule has 0 unspecified atom stereocenters. The van der Waals surface area contributed by atoms with Crippen molar-refractivity contribution in [1.29, 1.82) is 5.26 Å². The lowest BCUT2D eigenvalue weighted by atomic mass is 9.97. The van der Waals surface area contributed by atoms with Gasteiger partial charge in [0.25, 0.3) is 0 Å². The van der Waals surface area contributed by atoms with Crippen molar-refractivity contribution >= 4 is 28.2 Å². The minimum Gasteiger partial charge on any atom is -0.355 e. The van der Waals surface area contributed by atoms with Crippen molar-refractivity contribution in [3.63, 3.8) is 0 Å². The molecule has 0 aromatic carbocycles. The Morgan fingerprint density at radius 1 is 1.24 bits per heavy atom. The fourth-order valence-electron chi connectivity index (χ4n) is 3.43. The molecule has 3 rings (SSSR count). The standard InChI is InChI=1S/C19H25N3O2S/c1-12-10-14(12)18(24)21-9-8-17(23)22-19-15(11-20)13-6-4-2-3-5-7-16(13)25-19/h12,14H,2-10H2,1H3,(H,21,24)(H,22,23)/t12-,14-/m0/s1. The Kier molecular flexibility index (Phi) is 5.74. The number of carbonyl (C=O) groups is 2. The highest BCUT2D eigenvalue weighted by molar-refractivity contribution is 7.16. The molecule has 0 spiro atoms. The minimum atomic E-state index is -0.144. The molecule has 1 aromatic rings. The second-order valence-electron chi connectivity index (χ2n) is 7.14. The second kappa shape index (κ2) is 8.01. The fraction of sp³-hybridized carbons (Fsp3) is 0.632. The number of hydrogen-bond donors (Lipinski definition) is 2. The summed E-state index contributed by atoms with van der Waals surface area (Å²) in [6.45, 7) is 2.41. The minimum absolute atomic E-state index is 0.0529. The van der Waals surface area contributed by atoms with E-state index in [9.17, 15) is 14.9 Å². The zero-order valence-corrected chi connectivity index (χ0v) is 15.5. The smallest absolute Gasteiger partial charge is 0.226 e. The molecule has 2 amide bonds. The number of aryl methyl sites for hydroxylation is 1. The lowest BCUT2D eigenvalue weighted by molar-refractivity contribution is -0.122. The maximum atomic E-state index is 12.2. The van der Waals surface area contributed by atoms with Gasteiger partial charge in [0, 0.05) is 23.8 Å². The number of hydrogen-bond acceptors (Lipinski definition) is 4. The van der Waals surface area contributed by atoms with Gasteiger partial charge in [0.1, 0.15) is 11.1 Å². The molecule has 134 valence electrons. The van der Waals surface area contributed by atoms with Gasteiger partial charge >= 0.3 is 0 Å². The molecule has 25 heavy (non-hydrogen) atoms. The van der Waals surface area contributed by atoms with Crippen LogP contribution in [0, 0.1) is 23.2 Å². The molecular formula is C19H25N3O2S. The third kappa shape index (κ3) is 4.40. The van der Waals surface area contributed by atoms with E-state index in [0.29, 0.717) is 23.0 Å². The third-order valence-corrected chi connectivity index (χ3v) is 6.34. The molecule has 1 fully saturated rings. The molecule has 0 saturated heterocycles. The summed E-state index contributed by atoms with van der Waals surface area (Å²) >= 11 is 1.55. The van der Waals surface area contributed by atoms with E-state index in [4.69, 9.17) is 0 Å². The molecule has 2 atom stereocenters. The lowest BCUT2D eigenvalue weighted by Gasteiger charge is -2.08. The summed E-state index contributed by atoms with van der Waals surface area (Å²) in [5.74, 6) is 0.509. The highest BCUT2D eigenvalue weighted by Gasteiger charge is 2.38. The molecule has 5 nitrogen and oxygen atoms in total. The van der Waals surface area contributed by atoms with Crippen LogP contribution in [0.1, 0.15) is 61.5 Å². The van der Waals surface area contributed by atoms with Gasteiger partial charge in [0.2, 0.25) is 11.8 Å². The number of nitrogens with one attached hydrogen (secondary N) is 2. The molecule has 1 aromatic heterocycles.